The maximum Gasteiger partial charge on any atom is 0.305 e. The van der Waals surface area contributed by atoms with Gasteiger partial charge in [-0.1, -0.05) is 164 Å². The average molecular weight is 666 g/mol. The van der Waals surface area contributed by atoms with Gasteiger partial charge >= 0.3 is 5.97 Å². The number of carbonyl (C=O) groups is 1. The summed E-state index contributed by atoms with van der Waals surface area (Å²) in [5.74, 6) is 1.67. The minimum absolute atomic E-state index is 0.0118. The number of carbonyl (C=O) groups excluding carboxylic acids is 1. The molecule has 3 aromatic carbocycles. The number of ether oxygens (including phenoxy) is 2. The SMILES string of the molecule is CCCCCCCCCCCCCCCCCCC(=O)OCCOc1ccc(-c2nc(-c3ccccc3)nc(-c3ccccc3)n2)c(O)c1. The van der Waals surface area contributed by atoms with Gasteiger partial charge in [0.05, 0.1) is 5.56 Å². The van der Waals surface area contributed by atoms with E-state index in [-0.39, 0.29) is 24.9 Å². The number of rotatable bonds is 24. The molecule has 4 aromatic rings. The van der Waals surface area contributed by atoms with Gasteiger partial charge in [-0.3, -0.25) is 4.79 Å². The largest absolute Gasteiger partial charge is 0.507 e. The molecule has 7 nitrogen and oxygen atoms in total. The molecule has 0 unspecified atom stereocenters. The Hall–Kier alpha value is -4.26. The van der Waals surface area contributed by atoms with Crippen molar-refractivity contribution in [3.63, 3.8) is 0 Å². The van der Waals surface area contributed by atoms with Crippen LogP contribution in [-0.2, 0) is 9.53 Å². The zero-order valence-electron chi connectivity index (χ0n) is 29.5. The number of phenols is 1. The van der Waals surface area contributed by atoms with E-state index in [2.05, 4.69) is 16.9 Å². The standard InChI is InChI=1S/C42H55N3O4/c1-2-3-4-5-6-7-8-9-10-11-12-13-14-15-16-23-28-39(47)49-32-31-48-36-29-30-37(38(46)33-36)42-44-40(34-24-19-17-20-25-34)43-41(45-42)35-26-21-18-22-27-35/h17-22,24-27,29-30,33,46H,2-16,23,28,31-32H2,1H3. The molecule has 49 heavy (non-hydrogen) atoms. The highest BCUT2D eigenvalue weighted by atomic mass is 16.6. The van der Waals surface area contributed by atoms with Crippen LogP contribution in [0.2, 0.25) is 0 Å². The van der Waals surface area contributed by atoms with Crippen LogP contribution in [0.4, 0.5) is 0 Å². The molecule has 0 aliphatic carbocycles. The minimum Gasteiger partial charge on any atom is -0.507 e. The molecular formula is C42H55N3O4. The fourth-order valence-electron chi connectivity index (χ4n) is 5.92. The van der Waals surface area contributed by atoms with Gasteiger partial charge < -0.3 is 14.6 Å². The highest BCUT2D eigenvalue weighted by Gasteiger charge is 2.15. The monoisotopic (exact) mass is 665 g/mol. The van der Waals surface area contributed by atoms with E-state index in [1.807, 2.05) is 60.7 Å². The van der Waals surface area contributed by atoms with Crippen molar-refractivity contribution in [2.45, 2.75) is 116 Å². The lowest BCUT2D eigenvalue weighted by Gasteiger charge is -2.11. The van der Waals surface area contributed by atoms with Gasteiger partial charge in [-0.2, -0.15) is 0 Å². The van der Waals surface area contributed by atoms with Crippen molar-refractivity contribution in [2.75, 3.05) is 13.2 Å². The number of esters is 1. The number of nitrogens with zero attached hydrogens (tertiary/aromatic N) is 3. The van der Waals surface area contributed by atoms with Gasteiger partial charge in [-0.15, -0.1) is 0 Å². The lowest BCUT2D eigenvalue weighted by Crippen LogP contribution is -2.12. The van der Waals surface area contributed by atoms with Crippen LogP contribution < -0.4 is 4.74 Å². The summed E-state index contributed by atoms with van der Waals surface area (Å²) < 4.78 is 11.1. The zero-order valence-corrected chi connectivity index (χ0v) is 29.5. The molecule has 0 aliphatic rings. The summed E-state index contributed by atoms with van der Waals surface area (Å²) in [6, 6.07) is 24.4. The van der Waals surface area contributed by atoms with E-state index in [9.17, 15) is 9.90 Å². The molecule has 0 atom stereocenters. The van der Waals surface area contributed by atoms with Crippen LogP contribution in [0.5, 0.6) is 11.5 Å². The number of unbranched alkanes of at least 4 members (excludes halogenated alkanes) is 15. The predicted molar refractivity (Wildman–Crippen MR) is 198 cm³/mol. The van der Waals surface area contributed by atoms with Crippen molar-refractivity contribution in [1.82, 2.24) is 15.0 Å². The van der Waals surface area contributed by atoms with Crippen LogP contribution in [0.15, 0.2) is 78.9 Å². The van der Waals surface area contributed by atoms with Crippen LogP contribution >= 0.6 is 0 Å². The van der Waals surface area contributed by atoms with Gasteiger partial charge in [0.25, 0.3) is 0 Å². The van der Waals surface area contributed by atoms with E-state index in [1.165, 1.54) is 96.0 Å². The van der Waals surface area contributed by atoms with Crippen LogP contribution in [0, 0.1) is 0 Å². The molecule has 0 spiro atoms. The topological polar surface area (TPSA) is 94.4 Å². The molecular weight excluding hydrogens is 610 g/mol. The Morgan fingerprint density at radius 2 is 1.04 bits per heavy atom. The van der Waals surface area contributed by atoms with Gasteiger partial charge in [-0.25, -0.2) is 15.0 Å². The molecule has 0 amide bonds. The first kappa shape index (κ1) is 37.6. The normalized spacial score (nSPS) is 11.0. The first-order valence-corrected chi connectivity index (χ1v) is 18.6. The number of aromatic hydroxyl groups is 1. The Kier molecular flexibility index (Phi) is 17.2. The third-order valence-corrected chi connectivity index (χ3v) is 8.76. The van der Waals surface area contributed by atoms with E-state index >= 15 is 0 Å². The fraction of sp³-hybridized carbons (Fsp3) is 0.476. The Labute approximate surface area is 293 Å². The molecule has 1 aromatic heterocycles. The molecule has 0 bridgehead atoms. The third-order valence-electron chi connectivity index (χ3n) is 8.76. The summed E-state index contributed by atoms with van der Waals surface area (Å²) in [4.78, 5) is 26.2. The Bertz CT molecular complexity index is 1440. The molecule has 7 heteroatoms. The molecule has 0 saturated carbocycles. The van der Waals surface area contributed by atoms with Crippen molar-refractivity contribution in [2.24, 2.45) is 0 Å². The van der Waals surface area contributed by atoms with Crippen molar-refractivity contribution in [3.8, 4) is 45.7 Å². The first-order chi connectivity index (χ1) is 24.1. The zero-order chi connectivity index (χ0) is 34.4. The molecule has 0 saturated heterocycles. The van der Waals surface area contributed by atoms with Crippen molar-refractivity contribution in [3.05, 3.63) is 78.9 Å². The average Bonchev–Trinajstić information content (AvgIpc) is 3.14. The van der Waals surface area contributed by atoms with Crippen molar-refractivity contribution in [1.29, 1.82) is 0 Å². The Morgan fingerprint density at radius 1 is 0.571 bits per heavy atom. The maximum absolute atomic E-state index is 12.2. The number of hydrogen-bond donors (Lipinski definition) is 1. The summed E-state index contributed by atoms with van der Waals surface area (Å²) in [7, 11) is 0. The molecule has 4 rings (SSSR count). The van der Waals surface area contributed by atoms with Gasteiger partial charge in [0.15, 0.2) is 17.5 Å². The predicted octanol–water partition coefficient (Wildman–Crippen LogP) is 11.2. The molecule has 0 aliphatic heterocycles. The van der Waals surface area contributed by atoms with E-state index in [4.69, 9.17) is 14.5 Å². The van der Waals surface area contributed by atoms with Crippen molar-refractivity contribution >= 4 is 5.97 Å². The van der Waals surface area contributed by atoms with Gasteiger partial charge in [0.1, 0.15) is 24.7 Å². The molecule has 262 valence electrons. The van der Waals surface area contributed by atoms with E-state index in [0.717, 1.165) is 24.0 Å². The van der Waals surface area contributed by atoms with Crippen LogP contribution in [0.3, 0.4) is 0 Å². The lowest BCUT2D eigenvalue weighted by molar-refractivity contribution is -0.144. The van der Waals surface area contributed by atoms with E-state index in [1.54, 1.807) is 12.1 Å². The summed E-state index contributed by atoms with van der Waals surface area (Å²) in [6.07, 6.45) is 21.3. The molecule has 0 fully saturated rings. The van der Waals surface area contributed by atoms with Gasteiger partial charge in [0.2, 0.25) is 0 Å². The van der Waals surface area contributed by atoms with Crippen LogP contribution in [0.1, 0.15) is 116 Å². The van der Waals surface area contributed by atoms with E-state index in [0.29, 0.717) is 35.2 Å². The second kappa shape index (κ2) is 22.4. The quantitative estimate of drug-likeness (QED) is 0.0588. The highest BCUT2D eigenvalue weighted by molar-refractivity contribution is 5.70. The van der Waals surface area contributed by atoms with Crippen LogP contribution in [-0.4, -0.2) is 39.2 Å². The third kappa shape index (κ3) is 14.0. The molecule has 1 heterocycles. The van der Waals surface area contributed by atoms with Crippen LogP contribution in [0.25, 0.3) is 34.2 Å². The molecule has 0 radical (unpaired) electrons. The molecule has 1 N–H and O–H groups in total. The summed E-state index contributed by atoms with van der Waals surface area (Å²) >= 11 is 0. The number of aromatic nitrogens is 3. The Morgan fingerprint density at radius 3 is 1.53 bits per heavy atom. The van der Waals surface area contributed by atoms with E-state index < -0.39 is 0 Å². The summed E-state index contributed by atoms with van der Waals surface area (Å²) in [6.45, 7) is 2.64. The smallest absolute Gasteiger partial charge is 0.305 e. The summed E-state index contributed by atoms with van der Waals surface area (Å²) in [5, 5.41) is 10.9. The highest BCUT2D eigenvalue weighted by Crippen LogP contribution is 2.32. The van der Waals surface area contributed by atoms with Gasteiger partial charge in [-0.05, 0) is 18.6 Å². The lowest BCUT2D eigenvalue weighted by atomic mass is 10.0. The van der Waals surface area contributed by atoms with Gasteiger partial charge in [0, 0.05) is 23.6 Å². The second-order valence-corrected chi connectivity index (χ2v) is 12.8. The maximum atomic E-state index is 12.2. The fourth-order valence-corrected chi connectivity index (χ4v) is 5.92. The number of benzene rings is 3. The Balaban J connectivity index is 1.10. The minimum atomic E-state index is -0.189. The summed E-state index contributed by atoms with van der Waals surface area (Å²) in [5.41, 5.74) is 2.17. The van der Waals surface area contributed by atoms with Crippen molar-refractivity contribution < 1.29 is 19.4 Å². The number of hydrogen-bond acceptors (Lipinski definition) is 7. The number of phenolic OH excluding ortho intramolecular Hbond substituents is 1. The first-order valence-electron chi connectivity index (χ1n) is 18.6. The second-order valence-electron chi connectivity index (χ2n) is 12.8.